The molecule has 0 saturated carbocycles. The Bertz CT molecular complexity index is 203. The van der Waals surface area contributed by atoms with Gasteiger partial charge in [-0.25, -0.2) is 5.84 Å². The molecule has 0 atom stereocenters. The van der Waals surface area contributed by atoms with Crippen molar-refractivity contribution in [3.05, 3.63) is 24.8 Å². The van der Waals surface area contributed by atoms with E-state index in [9.17, 15) is 0 Å². The molecule has 0 aromatic rings. The van der Waals surface area contributed by atoms with E-state index in [1.54, 1.807) is 0 Å². The number of allylic oxidation sites excluding steroid dienone is 2. The standard InChI is InChI=1S/C6H11N5/c1-2-5(7)3-4-6(10-8)11-9/h2-4,7H,1,8-9H2,(H,10,11)/b4-3-,7-5?. The molecule has 0 radical (unpaired) electrons. The van der Waals surface area contributed by atoms with Crippen LogP contribution in [0, 0.1) is 5.41 Å². The van der Waals surface area contributed by atoms with E-state index >= 15 is 0 Å². The van der Waals surface area contributed by atoms with Gasteiger partial charge in [-0.05, 0) is 18.2 Å². The molecule has 60 valence electrons. The highest BCUT2D eigenvalue weighted by atomic mass is 15.3. The third kappa shape index (κ3) is 3.88. The Morgan fingerprint density at radius 3 is 2.55 bits per heavy atom. The predicted molar refractivity (Wildman–Crippen MR) is 46.0 cm³/mol. The third-order valence-electron chi connectivity index (χ3n) is 0.928. The first-order valence-corrected chi connectivity index (χ1v) is 2.88. The molecular formula is C6H11N5. The summed E-state index contributed by atoms with van der Waals surface area (Å²) in [6, 6.07) is 0. The Balaban J connectivity index is 4.10. The highest BCUT2D eigenvalue weighted by Gasteiger charge is 1.86. The number of amidine groups is 1. The number of hydrogen-bond donors (Lipinski definition) is 4. The Kier molecular flexibility index (Phi) is 4.42. The molecule has 0 fully saturated rings. The van der Waals surface area contributed by atoms with E-state index < -0.39 is 0 Å². The van der Waals surface area contributed by atoms with Crippen molar-refractivity contribution in [3.8, 4) is 0 Å². The van der Waals surface area contributed by atoms with Crippen LogP contribution in [-0.4, -0.2) is 11.5 Å². The van der Waals surface area contributed by atoms with Crippen molar-refractivity contribution in [1.29, 1.82) is 5.41 Å². The average molecular weight is 153 g/mol. The van der Waals surface area contributed by atoms with E-state index in [0.717, 1.165) is 0 Å². The van der Waals surface area contributed by atoms with E-state index in [1.807, 2.05) is 0 Å². The van der Waals surface area contributed by atoms with Gasteiger partial charge in [0.15, 0.2) is 5.84 Å². The summed E-state index contributed by atoms with van der Waals surface area (Å²) in [6.45, 7) is 3.39. The summed E-state index contributed by atoms with van der Waals surface area (Å²) in [6.07, 6.45) is 4.34. The van der Waals surface area contributed by atoms with Crippen LogP contribution in [0.4, 0.5) is 0 Å². The van der Waals surface area contributed by atoms with Gasteiger partial charge in [0.1, 0.15) is 0 Å². The van der Waals surface area contributed by atoms with Crippen molar-refractivity contribution < 1.29 is 0 Å². The minimum absolute atomic E-state index is 0.265. The van der Waals surface area contributed by atoms with Crippen LogP contribution in [0.5, 0.6) is 0 Å². The monoisotopic (exact) mass is 153 g/mol. The summed E-state index contributed by atoms with van der Waals surface area (Å²) in [5, 5.41) is 10.4. The summed E-state index contributed by atoms with van der Waals surface area (Å²) in [4.78, 5) is 0. The topological polar surface area (TPSA) is 100 Å². The molecule has 0 unspecified atom stereocenters. The lowest BCUT2D eigenvalue weighted by molar-refractivity contribution is 1.01. The first kappa shape index (κ1) is 9.38. The molecule has 0 aromatic carbocycles. The maximum absolute atomic E-state index is 7.11. The minimum Gasteiger partial charge on any atom is -0.321 e. The van der Waals surface area contributed by atoms with Gasteiger partial charge in [0.2, 0.25) is 0 Å². The maximum Gasteiger partial charge on any atom is 0.159 e. The Labute approximate surface area is 64.9 Å². The molecule has 5 heteroatoms. The molecule has 0 saturated heterocycles. The van der Waals surface area contributed by atoms with Crippen LogP contribution >= 0.6 is 0 Å². The van der Waals surface area contributed by atoms with Crippen molar-refractivity contribution >= 4 is 11.5 Å². The second-order valence-electron chi connectivity index (χ2n) is 1.65. The zero-order valence-electron chi connectivity index (χ0n) is 6.04. The lowest BCUT2D eigenvalue weighted by Crippen LogP contribution is -2.29. The number of hydrazone groups is 1. The third-order valence-corrected chi connectivity index (χ3v) is 0.928. The predicted octanol–water partition coefficient (Wildman–Crippen LogP) is -0.516. The van der Waals surface area contributed by atoms with Crippen molar-refractivity contribution in [1.82, 2.24) is 5.43 Å². The number of hydrazine groups is 1. The summed E-state index contributed by atoms with van der Waals surface area (Å²) in [7, 11) is 0. The second kappa shape index (κ2) is 5.19. The van der Waals surface area contributed by atoms with E-state index in [0.29, 0.717) is 5.84 Å². The van der Waals surface area contributed by atoms with Crippen LogP contribution in [0.15, 0.2) is 29.9 Å². The molecule has 11 heavy (non-hydrogen) atoms. The van der Waals surface area contributed by atoms with Crippen LogP contribution in [0.25, 0.3) is 0 Å². The van der Waals surface area contributed by atoms with Gasteiger partial charge in [0.25, 0.3) is 0 Å². The number of nitrogens with zero attached hydrogens (tertiary/aromatic N) is 1. The number of nitrogens with one attached hydrogen (secondary N) is 2. The molecular weight excluding hydrogens is 142 g/mol. The molecule has 0 aliphatic carbocycles. The van der Waals surface area contributed by atoms with Crippen molar-refractivity contribution in [3.63, 3.8) is 0 Å². The van der Waals surface area contributed by atoms with Crippen LogP contribution in [0.2, 0.25) is 0 Å². The van der Waals surface area contributed by atoms with Gasteiger partial charge in [-0.15, -0.1) is 0 Å². The molecule has 0 amide bonds. The summed E-state index contributed by atoms with van der Waals surface area (Å²) >= 11 is 0. The fourth-order valence-electron chi connectivity index (χ4n) is 0.365. The van der Waals surface area contributed by atoms with Gasteiger partial charge in [-0.3, -0.25) is 0 Å². The lowest BCUT2D eigenvalue weighted by Gasteiger charge is -1.94. The largest absolute Gasteiger partial charge is 0.321 e. The molecule has 0 bridgehead atoms. The highest BCUT2D eigenvalue weighted by Crippen LogP contribution is 1.79. The van der Waals surface area contributed by atoms with Gasteiger partial charge in [0.05, 0.1) is 5.71 Å². The maximum atomic E-state index is 7.11. The fraction of sp³-hybridized carbons (Fsp3) is 0. The Morgan fingerprint density at radius 1 is 1.55 bits per heavy atom. The molecule has 6 N–H and O–H groups in total. The first-order valence-electron chi connectivity index (χ1n) is 2.88. The smallest absolute Gasteiger partial charge is 0.159 e. The van der Waals surface area contributed by atoms with E-state index in [2.05, 4.69) is 17.1 Å². The van der Waals surface area contributed by atoms with Crippen LogP contribution in [-0.2, 0) is 0 Å². The van der Waals surface area contributed by atoms with E-state index in [4.69, 9.17) is 17.1 Å². The Morgan fingerprint density at radius 2 is 2.18 bits per heavy atom. The van der Waals surface area contributed by atoms with Crippen molar-refractivity contribution in [2.45, 2.75) is 0 Å². The average Bonchev–Trinajstić information content (AvgIpc) is 2.06. The summed E-state index contributed by atoms with van der Waals surface area (Å²) in [5.74, 6) is 10.2. The van der Waals surface area contributed by atoms with E-state index in [1.165, 1.54) is 18.2 Å². The molecule has 0 spiro atoms. The number of hydrogen-bond acceptors (Lipinski definition) is 4. The van der Waals surface area contributed by atoms with Gasteiger partial charge in [-0.1, -0.05) is 6.58 Å². The number of rotatable bonds is 3. The molecule has 0 heterocycles. The lowest BCUT2D eigenvalue weighted by atomic mass is 10.3. The zero-order valence-corrected chi connectivity index (χ0v) is 6.04. The van der Waals surface area contributed by atoms with Gasteiger partial charge in [-0.2, -0.15) is 5.10 Å². The van der Waals surface area contributed by atoms with Crippen molar-refractivity contribution in [2.75, 3.05) is 0 Å². The highest BCUT2D eigenvalue weighted by molar-refractivity contribution is 6.05. The molecule has 0 aliphatic rings. The first-order chi connectivity index (χ1) is 5.24. The van der Waals surface area contributed by atoms with E-state index in [-0.39, 0.29) is 5.71 Å². The zero-order chi connectivity index (χ0) is 8.69. The van der Waals surface area contributed by atoms with Crippen LogP contribution in [0.3, 0.4) is 0 Å². The quantitative estimate of drug-likeness (QED) is 0.190. The normalized spacial score (nSPS) is 11.5. The molecule has 0 aromatic heterocycles. The summed E-state index contributed by atoms with van der Waals surface area (Å²) < 4.78 is 0. The molecule has 0 rings (SSSR count). The summed E-state index contributed by atoms with van der Waals surface area (Å²) in [5.41, 5.74) is 2.50. The van der Waals surface area contributed by atoms with Gasteiger partial charge >= 0.3 is 0 Å². The second-order valence-corrected chi connectivity index (χ2v) is 1.65. The molecule has 0 aliphatic heterocycles. The minimum atomic E-state index is 0.265. The number of nitrogens with two attached hydrogens (primary N) is 2. The fourth-order valence-corrected chi connectivity index (χ4v) is 0.365. The van der Waals surface area contributed by atoms with Gasteiger partial charge < -0.3 is 16.7 Å². The Hall–Kier alpha value is -1.62. The SMILES string of the molecule is C=CC(=N)/C=C\C(=N\N)NN. The van der Waals surface area contributed by atoms with Crippen molar-refractivity contribution in [2.24, 2.45) is 16.8 Å². The van der Waals surface area contributed by atoms with Gasteiger partial charge in [0, 0.05) is 0 Å². The molecule has 5 nitrogen and oxygen atoms in total. The van der Waals surface area contributed by atoms with Crippen LogP contribution in [0.1, 0.15) is 0 Å². The van der Waals surface area contributed by atoms with Crippen LogP contribution < -0.4 is 17.1 Å².